The van der Waals surface area contributed by atoms with Gasteiger partial charge in [0, 0.05) is 38.4 Å². The van der Waals surface area contributed by atoms with E-state index in [1.54, 1.807) is 0 Å². The van der Waals surface area contributed by atoms with Crippen molar-refractivity contribution in [2.75, 3.05) is 0 Å². The largest absolute Gasteiger partial charge is 0.352 e. The summed E-state index contributed by atoms with van der Waals surface area (Å²) in [7, 11) is 0. The van der Waals surface area contributed by atoms with Crippen LogP contribution in [0.15, 0.2) is 22.7 Å². The van der Waals surface area contributed by atoms with Gasteiger partial charge >= 0.3 is 0 Å². The van der Waals surface area contributed by atoms with Crippen LogP contribution in [0.5, 0.6) is 0 Å². The maximum absolute atomic E-state index is 12.0. The van der Waals surface area contributed by atoms with Gasteiger partial charge in [0.15, 0.2) is 5.82 Å². The molecule has 24 heavy (non-hydrogen) atoms. The summed E-state index contributed by atoms with van der Waals surface area (Å²) in [4.78, 5) is 16.4. The highest BCUT2D eigenvalue weighted by Gasteiger charge is 2.28. The Labute approximate surface area is 141 Å². The van der Waals surface area contributed by atoms with Crippen LogP contribution in [0, 0.1) is 0 Å². The molecule has 126 valence electrons. The highest BCUT2D eigenvalue weighted by atomic mass is 16.5. The van der Waals surface area contributed by atoms with Crippen molar-refractivity contribution < 1.29 is 9.32 Å². The van der Waals surface area contributed by atoms with Crippen LogP contribution in [-0.4, -0.2) is 16.0 Å². The molecule has 0 atom stereocenters. The summed E-state index contributed by atoms with van der Waals surface area (Å²) in [6, 6.07) is 6.40. The minimum absolute atomic E-state index is 0.0653. The van der Waals surface area contributed by atoms with Gasteiger partial charge in [-0.05, 0) is 36.0 Å². The Morgan fingerprint density at radius 2 is 2.17 bits per heavy atom. The number of nitrogens with zero attached hydrogens (tertiary/aromatic N) is 2. The molecule has 6 nitrogen and oxygen atoms in total. The number of nitrogens with one attached hydrogen (secondary N) is 2. The van der Waals surface area contributed by atoms with Gasteiger partial charge in [-0.15, -0.1) is 0 Å². The molecule has 6 heteroatoms. The van der Waals surface area contributed by atoms with Crippen molar-refractivity contribution in [3.05, 3.63) is 46.6 Å². The lowest BCUT2D eigenvalue weighted by Crippen LogP contribution is -2.22. The van der Waals surface area contributed by atoms with Gasteiger partial charge in [-0.2, -0.15) is 4.98 Å². The Bertz CT molecular complexity index is 736. The molecule has 2 N–H and O–H groups in total. The third-order valence-corrected chi connectivity index (χ3v) is 4.61. The molecule has 0 unspecified atom stereocenters. The number of amides is 1. The van der Waals surface area contributed by atoms with Crippen molar-refractivity contribution in [2.24, 2.45) is 0 Å². The SMILES string of the molecule is O=C(CCCc1nc(C2CC2)no1)NCc1ccc2c(c1)CNC2. The predicted molar refractivity (Wildman–Crippen MR) is 88.0 cm³/mol. The van der Waals surface area contributed by atoms with Crippen molar-refractivity contribution in [1.29, 1.82) is 0 Å². The number of benzene rings is 1. The molecule has 0 bridgehead atoms. The summed E-state index contributed by atoms with van der Waals surface area (Å²) in [5.41, 5.74) is 3.84. The number of hydrogen-bond acceptors (Lipinski definition) is 5. The van der Waals surface area contributed by atoms with E-state index in [9.17, 15) is 4.79 Å². The number of rotatable bonds is 7. The molecule has 4 rings (SSSR count). The van der Waals surface area contributed by atoms with E-state index in [1.165, 1.54) is 24.0 Å². The summed E-state index contributed by atoms with van der Waals surface area (Å²) >= 11 is 0. The second-order valence-corrected chi connectivity index (χ2v) is 6.66. The predicted octanol–water partition coefficient (Wildman–Crippen LogP) is 2.19. The number of aryl methyl sites for hydroxylation is 1. The zero-order valence-corrected chi connectivity index (χ0v) is 13.7. The lowest BCUT2D eigenvalue weighted by molar-refractivity contribution is -0.121. The number of carbonyl (C=O) groups is 1. The van der Waals surface area contributed by atoms with Gasteiger partial charge in [0.05, 0.1) is 0 Å². The summed E-state index contributed by atoms with van der Waals surface area (Å²) < 4.78 is 5.22. The van der Waals surface area contributed by atoms with Crippen LogP contribution < -0.4 is 10.6 Å². The molecule has 2 heterocycles. The molecular formula is C18H22N4O2. The smallest absolute Gasteiger partial charge is 0.226 e. The molecule has 1 aliphatic carbocycles. The van der Waals surface area contributed by atoms with Gasteiger partial charge in [0.25, 0.3) is 0 Å². The maximum Gasteiger partial charge on any atom is 0.226 e. The van der Waals surface area contributed by atoms with Gasteiger partial charge in [0.2, 0.25) is 11.8 Å². The minimum atomic E-state index is 0.0653. The maximum atomic E-state index is 12.0. The van der Waals surface area contributed by atoms with Crippen molar-refractivity contribution in [3.8, 4) is 0 Å². The summed E-state index contributed by atoms with van der Waals surface area (Å²) in [5.74, 6) is 2.06. The minimum Gasteiger partial charge on any atom is -0.352 e. The number of aromatic nitrogens is 2. The van der Waals surface area contributed by atoms with E-state index in [-0.39, 0.29) is 5.91 Å². The van der Waals surface area contributed by atoms with Gasteiger partial charge in [-0.25, -0.2) is 0 Å². The third kappa shape index (κ3) is 3.64. The molecule has 1 fully saturated rings. The van der Waals surface area contributed by atoms with E-state index in [4.69, 9.17) is 4.52 Å². The molecule has 1 aromatic carbocycles. The summed E-state index contributed by atoms with van der Waals surface area (Å²) in [6.45, 7) is 2.45. The second-order valence-electron chi connectivity index (χ2n) is 6.66. The Morgan fingerprint density at radius 3 is 3.04 bits per heavy atom. The Morgan fingerprint density at radius 1 is 1.29 bits per heavy atom. The number of fused-ring (bicyclic) bond motifs is 1. The van der Waals surface area contributed by atoms with E-state index in [1.807, 2.05) is 0 Å². The first-order chi connectivity index (χ1) is 11.8. The van der Waals surface area contributed by atoms with Crippen LogP contribution in [0.2, 0.25) is 0 Å². The van der Waals surface area contributed by atoms with Crippen LogP contribution in [0.25, 0.3) is 0 Å². The van der Waals surface area contributed by atoms with Crippen molar-refractivity contribution in [2.45, 2.75) is 57.7 Å². The van der Waals surface area contributed by atoms with E-state index in [0.717, 1.165) is 30.9 Å². The van der Waals surface area contributed by atoms with E-state index < -0.39 is 0 Å². The number of hydrogen-bond donors (Lipinski definition) is 2. The molecule has 1 saturated carbocycles. The average molecular weight is 326 g/mol. The first kappa shape index (κ1) is 15.3. The monoisotopic (exact) mass is 326 g/mol. The zero-order chi connectivity index (χ0) is 16.4. The fraction of sp³-hybridized carbons (Fsp3) is 0.500. The van der Waals surface area contributed by atoms with Crippen LogP contribution in [0.4, 0.5) is 0 Å². The molecule has 0 spiro atoms. The van der Waals surface area contributed by atoms with E-state index in [2.05, 4.69) is 39.0 Å². The lowest BCUT2D eigenvalue weighted by Gasteiger charge is -2.06. The zero-order valence-electron chi connectivity index (χ0n) is 13.7. The molecular weight excluding hydrogens is 304 g/mol. The fourth-order valence-corrected chi connectivity index (χ4v) is 3.02. The van der Waals surface area contributed by atoms with Crippen LogP contribution >= 0.6 is 0 Å². The third-order valence-electron chi connectivity index (χ3n) is 4.61. The standard InChI is InChI=1S/C18H22N4O2/c23-16(2-1-3-17-21-18(22-24-17)13-6-7-13)20-9-12-4-5-14-10-19-11-15(14)8-12/h4-5,8,13,19H,1-3,6-7,9-11H2,(H,20,23). The lowest BCUT2D eigenvalue weighted by atomic mass is 10.1. The van der Waals surface area contributed by atoms with Gasteiger partial charge in [-0.1, -0.05) is 23.4 Å². The quantitative estimate of drug-likeness (QED) is 0.815. The Balaban J connectivity index is 1.19. The summed E-state index contributed by atoms with van der Waals surface area (Å²) in [5, 5.41) is 10.3. The normalized spacial score (nSPS) is 16.2. The Kier molecular flexibility index (Phi) is 4.30. The van der Waals surface area contributed by atoms with Gasteiger partial charge in [0.1, 0.15) is 0 Å². The molecule has 1 amide bonds. The van der Waals surface area contributed by atoms with Crippen LogP contribution in [-0.2, 0) is 30.8 Å². The fourth-order valence-electron chi connectivity index (χ4n) is 3.02. The summed E-state index contributed by atoms with van der Waals surface area (Å²) in [6.07, 6.45) is 4.21. The van der Waals surface area contributed by atoms with Crippen LogP contribution in [0.1, 0.15) is 60.0 Å². The molecule has 1 aliphatic heterocycles. The molecule has 2 aromatic rings. The number of carbonyl (C=O) groups excluding carboxylic acids is 1. The van der Waals surface area contributed by atoms with Crippen molar-refractivity contribution in [1.82, 2.24) is 20.8 Å². The van der Waals surface area contributed by atoms with Gasteiger partial charge in [-0.3, -0.25) is 4.79 Å². The molecule has 0 saturated heterocycles. The topological polar surface area (TPSA) is 80.0 Å². The highest BCUT2D eigenvalue weighted by Crippen LogP contribution is 2.38. The van der Waals surface area contributed by atoms with Crippen molar-refractivity contribution >= 4 is 5.91 Å². The Hall–Kier alpha value is -2.21. The molecule has 1 aromatic heterocycles. The molecule has 0 radical (unpaired) electrons. The van der Waals surface area contributed by atoms with Crippen LogP contribution in [0.3, 0.4) is 0 Å². The first-order valence-corrected chi connectivity index (χ1v) is 8.68. The first-order valence-electron chi connectivity index (χ1n) is 8.68. The van der Waals surface area contributed by atoms with E-state index >= 15 is 0 Å². The van der Waals surface area contributed by atoms with E-state index in [0.29, 0.717) is 31.2 Å². The van der Waals surface area contributed by atoms with Gasteiger partial charge < -0.3 is 15.2 Å². The second kappa shape index (κ2) is 6.73. The highest BCUT2D eigenvalue weighted by molar-refractivity contribution is 5.75. The average Bonchev–Trinajstić information content (AvgIpc) is 3.15. The van der Waals surface area contributed by atoms with Crippen molar-refractivity contribution in [3.63, 3.8) is 0 Å². The molecule has 2 aliphatic rings.